The molecule has 0 fully saturated rings. The highest BCUT2D eigenvalue weighted by atomic mass is 16.4. The number of carboxylic acid groups (broad SMARTS) is 1. The Bertz CT molecular complexity index is 431. The van der Waals surface area contributed by atoms with Crippen molar-refractivity contribution in [2.75, 3.05) is 0 Å². The lowest BCUT2D eigenvalue weighted by Crippen LogP contribution is -1.98. The number of nitrogens with zero attached hydrogens (tertiary/aromatic N) is 3. The van der Waals surface area contributed by atoms with Gasteiger partial charge in [-0.2, -0.15) is 5.10 Å². The molecule has 0 bridgehead atoms. The highest BCUT2D eigenvalue weighted by molar-refractivity contribution is 5.67. The van der Waals surface area contributed by atoms with E-state index in [-0.39, 0.29) is 6.42 Å². The quantitative estimate of drug-likeness (QED) is 0.777. The van der Waals surface area contributed by atoms with Gasteiger partial charge >= 0.3 is 5.97 Å². The van der Waals surface area contributed by atoms with E-state index in [9.17, 15) is 4.79 Å². The minimum atomic E-state index is -0.810. The van der Waals surface area contributed by atoms with E-state index in [4.69, 9.17) is 5.11 Å². The van der Waals surface area contributed by atoms with Gasteiger partial charge < -0.3 is 5.11 Å². The van der Waals surface area contributed by atoms with E-state index in [1.807, 2.05) is 0 Å². The summed E-state index contributed by atoms with van der Waals surface area (Å²) in [4.78, 5) is 14.4. The molecule has 0 aliphatic rings. The van der Waals surface area contributed by atoms with E-state index in [1.54, 1.807) is 29.0 Å². The minimum absolute atomic E-state index is 0.101. The van der Waals surface area contributed by atoms with Crippen LogP contribution in [0.1, 0.15) is 12.1 Å². The Morgan fingerprint density at radius 3 is 3.14 bits per heavy atom. The van der Waals surface area contributed by atoms with Gasteiger partial charge in [0, 0.05) is 24.9 Å². The van der Waals surface area contributed by atoms with Crippen molar-refractivity contribution in [3.63, 3.8) is 0 Å². The fourth-order valence-corrected chi connectivity index (χ4v) is 1.24. The third-order valence-corrected chi connectivity index (χ3v) is 1.88. The van der Waals surface area contributed by atoms with Crippen LogP contribution in [0.2, 0.25) is 0 Å². The van der Waals surface area contributed by atoms with Crippen molar-refractivity contribution in [3.05, 3.63) is 30.2 Å². The molecule has 2 aromatic rings. The van der Waals surface area contributed by atoms with Crippen molar-refractivity contribution in [1.82, 2.24) is 14.6 Å². The lowest BCUT2D eigenvalue weighted by Gasteiger charge is -1.89. The van der Waals surface area contributed by atoms with E-state index in [2.05, 4.69) is 10.1 Å². The predicted octanol–water partition coefficient (Wildman–Crippen LogP) is 0.746. The van der Waals surface area contributed by atoms with Gasteiger partial charge in [-0.05, 0) is 6.07 Å². The average Bonchev–Trinajstić information content (AvgIpc) is 2.57. The second-order valence-electron chi connectivity index (χ2n) is 2.95. The summed E-state index contributed by atoms with van der Waals surface area (Å²) in [6.45, 7) is 0. The average molecular weight is 191 g/mol. The lowest BCUT2D eigenvalue weighted by molar-refractivity contribution is -0.136. The maximum atomic E-state index is 10.3. The first-order valence-corrected chi connectivity index (χ1v) is 4.27. The molecule has 0 amide bonds. The molecule has 0 atom stereocenters. The molecule has 0 radical (unpaired) electrons. The van der Waals surface area contributed by atoms with Crippen molar-refractivity contribution in [1.29, 1.82) is 0 Å². The Labute approximate surface area is 80.0 Å². The molecule has 5 heteroatoms. The Kier molecular flexibility index (Phi) is 2.14. The van der Waals surface area contributed by atoms with E-state index >= 15 is 0 Å². The summed E-state index contributed by atoms with van der Waals surface area (Å²) in [6.07, 6.45) is 4.01. The molecule has 2 heterocycles. The zero-order valence-electron chi connectivity index (χ0n) is 7.42. The number of aromatic nitrogens is 3. The van der Waals surface area contributed by atoms with Crippen molar-refractivity contribution in [3.8, 4) is 0 Å². The molecule has 2 rings (SSSR count). The topological polar surface area (TPSA) is 67.5 Å². The zero-order valence-corrected chi connectivity index (χ0v) is 7.42. The van der Waals surface area contributed by atoms with Gasteiger partial charge in [-0.3, -0.25) is 4.79 Å². The van der Waals surface area contributed by atoms with Crippen molar-refractivity contribution >= 4 is 11.6 Å². The number of fused-ring (bicyclic) bond motifs is 1. The molecule has 0 aliphatic heterocycles. The first-order chi connectivity index (χ1) is 6.75. The summed E-state index contributed by atoms with van der Waals surface area (Å²) < 4.78 is 1.64. The fourth-order valence-electron chi connectivity index (χ4n) is 1.24. The summed E-state index contributed by atoms with van der Waals surface area (Å²) in [5.74, 6) is -0.810. The van der Waals surface area contributed by atoms with Crippen LogP contribution in [0.4, 0.5) is 0 Å². The first kappa shape index (κ1) is 8.68. The first-order valence-electron chi connectivity index (χ1n) is 4.27. The number of aliphatic carboxylic acids is 1. The number of aryl methyl sites for hydroxylation is 1. The second-order valence-corrected chi connectivity index (χ2v) is 2.95. The zero-order chi connectivity index (χ0) is 9.97. The summed E-state index contributed by atoms with van der Waals surface area (Å²) in [5.41, 5.74) is 1.50. The van der Waals surface area contributed by atoms with Gasteiger partial charge in [-0.25, -0.2) is 9.50 Å². The van der Waals surface area contributed by atoms with Gasteiger partial charge in [0.05, 0.1) is 12.1 Å². The molecule has 5 nitrogen and oxygen atoms in total. The van der Waals surface area contributed by atoms with Crippen LogP contribution in [0, 0.1) is 0 Å². The lowest BCUT2D eigenvalue weighted by atomic mass is 10.2. The Morgan fingerprint density at radius 1 is 1.57 bits per heavy atom. The monoisotopic (exact) mass is 191 g/mol. The molecule has 0 aromatic carbocycles. The van der Waals surface area contributed by atoms with E-state index in [0.717, 1.165) is 11.3 Å². The number of hydrogen-bond acceptors (Lipinski definition) is 3. The fraction of sp³-hybridized carbons (Fsp3) is 0.222. The predicted molar refractivity (Wildman–Crippen MR) is 48.9 cm³/mol. The minimum Gasteiger partial charge on any atom is -0.481 e. The Balaban J connectivity index is 2.22. The largest absolute Gasteiger partial charge is 0.481 e. The maximum Gasteiger partial charge on any atom is 0.303 e. The summed E-state index contributed by atoms with van der Waals surface area (Å²) in [7, 11) is 0. The number of hydrogen-bond donors (Lipinski definition) is 1. The van der Waals surface area contributed by atoms with Gasteiger partial charge in [0.2, 0.25) is 0 Å². The van der Waals surface area contributed by atoms with Crippen LogP contribution in [0.15, 0.2) is 24.5 Å². The number of rotatable bonds is 3. The van der Waals surface area contributed by atoms with E-state index in [1.165, 1.54) is 0 Å². The SMILES string of the molecule is O=C(O)CCc1cc2ncccn2n1. The van der Waals surface area contributed by atoms with Crippen LogP contribution in [0.5, 0.6) is 0 Å². The third kappa shape index (κ3) is 1.71. The summed E-state index contributed by atoms with van der Waals surface area (Å²) in [5, 5.41) is 12.7. The van der Waals surface area contributed by atoms with Gasteiger partial charge in [-0.1, -0.05) is 0 Å². The smallest absolute Gasteiger partial charge is 0.303 e. The molecule has 0 spiro atoms. The van der Waals surface area contributed by atoms with Crippen LogP contribution in [0.3, 0.4) is 0 Å². The molecule has 0 saturated heterocycles. The molecule has 14 heavy (non-hydrogen) atoms. The molecule has 1 N–H and O–H groups in total. The Morgan fingerprint density at radius 2 is 2.43 bits per heavy atom. The van der Waals surface area contributed by atoms with E-state index in [0.29, 0.717) is 6.42 Å². The van der Waals surface area contributed by atoms with Crippen molar-refractivity contribution in [2.24, 2.45) is 0 Å². The van der Waals surface area contributed by atoms with Crippen LogP contribution >= 0.6 is 0 Å². The molecular formula is C9H9N3O2. The number of carbonyl (C=O) groups is 1. The summed E-state index contributed by atoms with van der Waals surface area (Å²) >= 11 is 0. The highest BCUT2D eigenvalue weighted by Crippen LogP contribution is 2.04. The van der Waals surface area contributed by atoms with Crippen LogP contribution in [-0.4, -0.2) is 25.7 Å². The molecule has 0 unspecified atom stereocenters. The van der Waals surface area contributed by atoms with E-state index < -0.39 is 5.97 Å². The van der Waals surface area contributed by atoms with Crippen LogP contribution in [0.25, 0.3) is 5.65 Å². The molecule has 2 aromatic heterocycles. The normalized spacial score (nSPS) is 10.6. The van der Waals surface area contributed by atoms with Crippen LogP contribution in [-0.2, 0) is 11.2 Å². The highest BCUT2D eigenvalue weighted by Gasteiger charge is 2.04. The van der Waals surface area contributed by atoms with Gasteiger partial charge in [0.15, 0.2) is 5.65 Å². The van der Waals surface area contributed by atoms with Crippen molar-refractivity contribution < 1.29 is 9.90 Å². The molecular weight excluding hydrogens is 182 g/mol. The van der Waals surface area contributed by atoms with Gasteiger partial charge in [-0.15, -0.1) is 0 Å². The van der Waals surface area contributed by atoms with Crippen LogP contribution < -0.4 is 0 Å². The standard InChI is InChI=1S/C9H9N3O2/c13-9(14)3-2-7-6-8-10-4-1-5-12(8)11-7/h1,4-6H,2-3H2,(H,13,14). The van der Waals surface area contributed by atoms with Gasteiger partial charge in [0.1, 0.15) is 0 Å². The third-order valence-electron chi connectivity index (χ3n) is 1.88. The second kappa shape index (κ2) is 3.45. The summed E-state index contributed by atoms with van der Waals surface area (Å²) in [6, 6.07) is 3.57. The molecule has 0 saturated carbocycles. The number of carboxylic acids is 1. The molecule has 0 aliphatic carbocycles. The maximum absolute atomic E-state index is 10.3. The molecule has 72 valence electrons. The Hall–Kier alpha value is -1.91. The van der Waals surface area contributed by atoms with Crippen molar-refractivity contribution in [2.45, 2.75) is 12.8 Å². The van der Waals surface area contributed by atoms with Gasteiger partial charge in [0.25, 0.3) is 0 Å².